The van der Waals surface area contributed by atoms with E-state index in [0.717, 1.165) is 31.7 Å². The number of halogens is 1. The summed E-state index contributed by atoms with van der Waals surface area (Å²) in [6.07, 6.45) is 3.89. The molecule has 1 saturated carbocycles. The van der Waals surface area contributed by atoms with Crippen LogP contribution in [0.3, 0.4) is 0 Å². The van der Waals surface area contributed by atoms with Gasteiger partial charge in [0.15, 0.2) is 15.6 Å². The van der Waals surface area contributed by atoms with E-state index in [-0.39, 0.29) is 23.0 Å². The molecule has 1 aromatic rings. The molecule has 0 atom stereocenters. The number of Topliss-reactive ketones (excluding diaryl/α,β-unsaturated/α-hetero) is 1. The van der Waals surface area contributed by atoms with Gasteiger partial charge in [0, 0.05) is 0 Å². The molecule has 1 aliphatic carbocycles. The number of benzene rings is 1. The minimum absolute atomic E-state index is 0.0208. The van der Waals surface area contributed by atoms with Gasteiger partial charge in [-0.2, -0.15) is 0 Å². The van der Waals surface area contributed by atoms with Crippen molar-refractivity contribution in [3.63, 3.8) is 0 Å². The Kier molecular flexibility index (Phi) is 4.98. The van der Waals surface area contributed by atoms with E-state index in [2.05, 4.69) is 0 Å². The number of ether oxygens (including phenoxy) is 1. The molecule has 0 amide bonds. The van der Waals surface area contributed by atoms with E-state index in [0.29, 0.717) is 0 Å². The second-order valence-electron chi connectivity index (χ2n) is 5.47. The lowest BCUT2D eigenvalue weighted by molar-refractivity contribution is 0.101. The molecule has 21 heavy (non-hydrogen) atoms. The molecule has 1 aromatic carbocycles. The van der Waals surface area contributed by atoms with Crippen molar-refractivity contribution in [3.8, 4) is 5.75 Å². The van der Waals surface area contributed by atoms with E-state index in [1.807, 2.05) is 0 Å². The average molecular weight is 314 g/mol. The molecular formula is C15H19FO4S. The maximum Gasteiger partial charge on any atom is 0.181 e. The summed E-state index contributed by atoms with van der Waals surface area (Å²) in [7, 11) is -2.12. The molecule has 1 fully saturated rings. The van der Waals surface area contributed by atoms with Gasteiger partial charge in [0.25, 0.3) is 0 Å². The molecule has 0 spiro atoms. The topological polar surface area (TPSA) is 60.4 Å². The summed E-state index contributed by atoms with van der Waals surface area (Å²) in [4.78, 5) is 12.1. The lowest BCUT2D eigenvalue weighted by Crippen LogP contribution is -2.23. The fourth-order valence-electron chi connectivity index (χ4n) is 2.77. The maximum absolute atomic E-state index is 13.2. The van der Waals surface area contributed by atoms with Crippen LogP contribution in [0.4, 0.5) is 4.39 Å². The van der Waals surface area contributed by atoms with Crippen molar-refractivity contribution in [2.45, 2.75) is 25.7 Å². The van der Waals surface area contributed by atoms with Crippen LogP contribution in [-0.2, 0) is 9.84 Å². The zero-order valence-corrected chi connectivity index (χ0v) is 12.8. The molecule has 0 saturated heterocycles. The number of carbonyl (C=O) groups is 1. The number of sulfone groups is 1. The highest BCUT2D eigenvalue weighted by molar-refractivity contribution is 7.92. The third kappa shape index (κ3) is 4.27. The Morgan fingerprint density at radius 1 is 1.33 bits per heavy atom. The van der Waals surface area contributed by atoms with Crippen molar-refractivity contribution in [2.24, 2.45) is 5.92 Å². The Labute approximate surface area is 124 Å². The molecule has 0 unspecified atom stereocenters. The monoisotopic (exact) mass is 314 g/mol. The second kappa shape index (κ2) is 6.56. The zero-order valence-electron chi connectivity index (χ0n) is 12.0. The molecule has 2 rings (SSSR count). The number of ketones is 1. The van der Waals surface area contributed by atoms with Gasteiger partial charge in [-0.15, -0.1) is 0 Å². The highest BCUT2D eigenvalue weighted by atomic mass is 32.2. The van der Waals surface area contributed by atoms with E-state index in [1.165, 1.54) is 19.2 Å². The van der Waals surface area contributed by atoms with Crippen LogP contribution in [-0.4, -0.2) is 32.8 Å². The van der Waals surface area contributed by atoms with Crippen LogP contribution in [0.1, 0.15) is 36.0 Å². The van der Waals surface area contributed by atoms with Gasteiger partial charge in [-0.3, -0.25) is 4.79 Å². The average Bonchev–Trinajstić information content (AvgIpc) is 2.90. The Hall–Kier alpha value is -1.43. The minimum Gasteiger partial charge on any atom is -0.496 e. The van der Waals surface area contributed by atoms with Crippen LogP contribution < -0.4 is 4.74 Å². The van der Waals surface area contributed by atoms with Crippen molar-refractivity contribution in [1.82, 2.24) is 0 Å². The molecule has 0 radical (unpaired) electrons. The standard InChI is InChI=1S/C15H19FO4S/c1-20-15-7-6-12(16)8-13(15)14(17)10-21(18,19)9-11-4-2-3-5-11/h6-8,11H,2-5,9-10H2,1H3. The first kappa shape index (κ1) is 15.9. The van der Waals surface area contributed by atoms with Crippen LogP contribution in [0, 0.1) is 11.7 Å². The molecule has 0 heterocycles. The molecule has 0 N–H and O–H groups in total. The van der Waals surface area contributed by atoms with Gasteiger partial charge in [-0.05, 0) is 37.0 Å². The molecule has 0 aromatic heterocycles. The summed E-state index contributed by atoms with van der Waals surface area (Å²) < 4.78 is 42.4. The fourth-order valence-corrected chi connectivity index (χ4v) is 4.50. The van der Waals surface area contributed by atoms with Gasteiger partial charge in [-0.1, -0.05) is 12.8 Å². The van der Waals surface area contributed by atoms with E-state index in [4.69, 9.17) is 4.74 Å². The summed E-state index contributed by atoms with van der Waals surface area (Å²) in [5.74, 6) is -1.42. The zero-order chi connectivity index (χ0) is 15.5. The van der Waals surface area contributed by atoms with Gasteiger partial charge in [0.1, 0.15) is 17.3 Å². The number of rotatable bonds is 6. The van der Waals surface area contributed by atoms with Crippen LogP contribution in [0.15, 0.2) is 18.2 Å². The molecular weight excluding hydrogens is 295 g/mol. The van der Waals surface area contributed by atoms with Gasteiger partial charge < -0.3 is 4.74 Å². The van der Waals surface area contributed by atoms with Crippen LogP contribution in [0.5, 0.6) is 5.75 Å². The van der Waals surface area contributed by atoms with Crippen molar-refractivity contribution in [2.75, 3.05) is 18.6 Å². The van der Waals surface area contributed by atoms with Gasteiger partial charge in [0.05, 0.1) is 18.4 Å². The van der Waals surface area contributed by atoms with E-state index in [1.54, 1.807) is 0 Å². The third-order valence-electron chi connectivity index (χ3n) is 3.78. The number of methoxy groups -OCH3 is 1. The maximum atomic E-state index is 13.2. The smallest absolute Gasteiger partial charge is 0.181 e. The lowest BCUT2D eigenvalue weighted by Gasteiger charge is -2.11. The summed E-state index contributed by atoms with van der Waals surface area (Å²) in [5, 5.41) is 0. The summed E-state index contributed by atoms with van der Waals surface area (Å²) in [6, 6.07) is 3.51. The van der Waals surface area contributed by atoms with Crippen molar-refractivity contribution in [3.05, 3.63) is 29.6 Å². The summed E-state index contributed by atoms with van der Waals surface area (Å²) >= 11 is 0. The predicted octanol–water partition coefficient (Wildman–Crippen LogP) is 2.62. The van der Waals surface area contributed by atoms with E-state index < -0.39 is 27.2 Å². The number of hydrogen-bond donors (Lipinski definition) is 0. The SMILES string of the molecule is COc1ccc(F)cc1C(=O)CS(=O)(=O)CC1CCCC1. The number of hydrogen-bond acceptors (Lipinski definition) is 4. The first-order chi connectivity index (χ1) is 9.91. The largest absolute Gasteiger partial charge is 0.496 e. The van der Waals surface area contributed by atoms with Crippen LogP contribution in [0.25, 0.3) is 0 Å². The highest BCUT2D eigenvalue weighted by Gasteiger charge is 2.26. The molecule has 116 valence electrons. The van der Waals surface area contributed by atoms with Crippen molar-refractivity contribution >= 4 is 15.6 Å². The van der Waals surface area contributed by atoms with Crippen molar-refractivity contribution in [1.29, 1.82) is 0 Å². The van der Waals surface area contributed by atoms with Crippen LogP contribution in [0.2, 0.25) is 0 Å². The summed E-state index contributed by atoms with van der Waals surface area (Å²) in [6.45, 7) is 0. The van der Waals surface area contributed by atoms with Crippen LogP contribution >= 0.6 is 0 Å². The molecule has 6 heteroatoms. The Bertz CT molecular complexity index is 619. The van der Waals surface area contributed by atoms with E-state index in [9.17, 15) is 17.6 Å². The Morgan fingerprint density at radius 2 is 2.00 bits per heavy atom. The first-order valence-corrected chi connectivity index (χ1v) is 8.80. The quantitative estimate of drug-likeness (QED) is 0.757. The van der Waals surface area contributed by atoms with E-state index >= 15 is 0 Å². The van der Waals surface area contributed by atoms with Crippen molar-refractivity contribution < 1.29 is 22.3 Å². The molecule has 4 nitrogen and oxygen atoms in total. The Morgan fingerprint density at radius 3 is 2.62 bits per heavy atom. The lowest BCUT2D eigenvalue weighted by atomic mass is 10.1. The number of carbonyl (C=O) groups excluding carboxylic acids is 1. The minimum atomic E-state index is -3.48. The van der Waals surface area contributed by atoms with Gasteiger partial charge >= 0.3 is 0 Å². The Balaban J connectivity index is 2.11. The molecule has 0 bridgehead atoms. The second-order valence-corrected chi connectivity index (χ2v) is 7.58. The first-order valence-electron chi connectivity index (χ1n) is 6.98. The normalized spacial score (nSPS) is 16.1. The van der Waals surface area contributed by atoms with Gasteiger partial charge in [-0.25, -0.2) is 12.8 Å². The fraction of sp³-hybridized carbons (Fsp3) is 0.533. The molecule has 0 aliphatic heterocycles. The highest BCUT2D eigenvalue weighted by Crippen LogP contribution is 2.27. The molecule has 1 aliphatic rings. The predicted molar refractivity (Wildman–Crippen MR) is 77.9 cm³/mol. The summed E-state index contributed by atoms with van der Waals surface area (Å²) in [5.41, 5.74) is -0.0208. The third-order valence-corrected chi connectivity index (χ3v) is 5.46. The van der Waals surface area contributed by atoms with Gasteiger partial charge in [0.2, 0.25) is 0 Å².